The second kappa shape index (κ2) is 3.63. The molecule has 16 heavy (non-hydrogen) atoms. The fraction of sp³-hybridized carbons (Fsp3) is 0.214. The molecule has 0 aliphatic carbocycles. The second-order valence-electron chi connectivity index (χ2n) is 4.27. The first kappa shape index (κ1) is 9.40. The molecule has 2 heterocycles. The molecule has 1 aliphatic rings. The number of aromatic nitrogens is 1. The summed E-state index contributed by atoms with van der Waals surface area (Å²) in [6.45, 7) is 4.08. The lowest BCUT2D eigenvalue weighted by Crippen LogP contribution is -2.16. The van der Waals surface area contributed by atoms with Crippen LogP contribution in [0.5, 0.6) is 0 Å². The van der Waals surface area contributed by atoms with E-state index in [-0.39, 0.29) is 0 Å². The van der Waals surface area contributed by atoms with E-state index in [1.54, 1.807) is 0 Å². The van der Waals surface area contributed by atoms with Crippen LogP contribution in [0.4, 0.5) is 5.82 Å². The molecule has 80 valence electrons. The number of benzene rings is 1. The largest absolute Gasteiger partial charge is 0.348 e. The summed E-state index contributed by atoms with van der Waals surface area (Å²) in [4.78, 5) is 6.80. The molecule has 2 heteroatoms. The van der Waals surface area contributed by atoms with Crippen molar-refractivity contribution in [3.05, 3.63) is 59.3 Å². The normalized spacial score (nSPS) is 13.9. The van der Waals surface area contributed by atoms with E-state index < -0.39 is 0 Å². The van der Waals surface area contributed by atoms with Gasteiger partial charge in [-0.25, -0.2) is 4.98 Å². The monoisotopic (exact) mass is 210 g/mol. The molecular weight excluding hydrogens is 196 g/mol. The third-order valence-electron chi connectivity index (χ3n) is 3.12. The van der Waals surface area contributed by atoms with Gasteiger partial charge in [0, 0.05) is 19.3 Å². The predicted molar refractivity (Wildman–Crippen MR) is 65.3 cm³/mol. The van der Waals surface area contributed by atoms with Crippen LogP contribution >= 0.6 is 0 Å². The Bertz CT molecular complexity index is 495. The summed E-state index contributed by atoms with van der Waals surface area (Å²) in [6, 6.07) is 12.7. The maximum absolute atomic E-state index is 4.47. The van der Waals surface area contributed by atoms with Crippen LogP contribution in [-0.4, -0.2) is 4.98 Å². The summed E-state index contributed by atoms with van der Waals surface area (Å²) in [5, 5.41) is 0. The smallest absolute Gasteiger partial charge is 0.132 e. The Balaban J connectivity index is 1.95. The Kier molecular flexibility index (Phi) is 2.13. The second-order valence-corrected chi connectivity index (χ2v) is 4.27. The van der Waals surface area contributed by atoms with Gasteiger partial charge in [0.15, 0.2) is 0 Å². The minimum Gasteiger partial charge on any atom is -0.348 e. The Labute approximate surface area is 95.6 Å². The zero-order valence-corrected chi connectivity index (χ0v) is 9.35. The Hall–Kier alpha value is -1.83. The third kappa shape index (κ3) is 1.47. The Morgan fingerprint density at radius 3 is 2.31 bits per heavy atom. The van der Waals surface area contributed by atoms with Crippen molar-refractivity contribution in [3.8, 4) is 0 Å². The number of aryl methyl sites for hydroxylation is 1. The summed E-state index contributed by atoms with van der Waals surface area (Å²) >= 11 is 0. The molecule has 0 N–H and O–H groups in total. The Morgan fingerprint density at radius 2 is 1.69 bits per heavy atom. The number of nitrogens with zero attached hydrogens (tertiary/aromatic N) is 2. The highest BCUT2D eigenvalue weighted by atomic mass is 15.2. The molecule has 2 aromatic rings. The van der Waals surface area contributed by atoms with Gasteiger partial charge in [-0.2, -0.15) is 0 Å². The summed E-state index contributed by atoms with van der Waals surface area (Å²) < 4.78 is 0. The quantitative estimate of drug-likeness (QED) is 0.719. The third-order valence-corrected chi connectivity index (χ3v) is 3.12. The van der Waals surface area contributed by atoms with Crippen LogP contribution in [0.2, 0.25) is 0 Å². The molecule has 0 bridgehead atoms. The standard InChI is InChI=1S/C14H14N2/c1-11-5-4-8-15-14(11)16-9-12-6-2-3-7-13(12)10-16/h2-8H,9-10H2,1H3. The number of rotatable bonds is 1. The zero-order chi connectivity index (χ0) is 11.0. The number of fused-ring (bicyclic) bond motifs is 1. The van der Waals surface area contributed by atoms with Gasteiger partial charge in [0.1, 0.15) is 5.82 Å². The molecule has 0 saturated carbocycles. The fourth-order valence-corrected chi connectivity index (χ4v) is 2.29. The van der Waals surface area contributed by atoms with Gasteiger partial charge in [0.05, 0.1) is 0 Å². The van der Waals surface area contributed by atoms with Crippen molar-refractivity contribution in [1.29, 1.82) is 0 Å². The van der Waals surface area contributed by atoms with Crippen molar-refractivity contribution in [2.75, 3.05) is 4.90 Å². The molecule has 0 fully saturated rings. The number of anilines is 1. The molecule has 2 nitrogen and oxygen atoms in total. The minimum atomic E-state index is 0.980. The van der Waals surface area contributed by atoms with Gasteiger partial charge in [-0.1, -0.05) is 30.3 Å². The van der Waals surface area contributed by atoms with Gasteiger partial charge in [-0.05, 0) is 29.7 Å². The highest BCUT2D eigenvalue weighted by Crippen LogP contribution is 2.28. The van der Waals surface area contributed by atoms with E-state index in [0.29, 0.717) is 0 Å². The minimum absolute atomic E-state index is 0.980. The van der Waals surface area contributed by atoms with E-state index in [1.807, 2.05) is 12.3 Å². The van der Waals surface area contributed by atoms with Gasteiger partial charge in [0.2, 0.25) is 0 Å². The molecule has 0 spiro atoms. The maximum atomic E-state index is 4.47. The molecule has 1 aromatic carbocycles. The first-order valence-electron chi connectivity index (χ1n) is 5.58. The van der Waals surface area contributed by atoms with Crippen LogP contribution in [0, 0.1) is 6.92 Å². The average molecular weight is 210 g/mol. The predicted octanol–water partition coefficient (Wildman–Crippen LogP) is 2.91. The SMILES string of the molecule is Cc1cccnc1N1Cc2ccccc2C1. The highest BCUT2D eigenvalue weighted by Gasteiger charge is 2.20. The van der Waals surface area contributed by atoms with Crippen LogP contribution < -0.4 is 4.90 Å². The van der Waals surface area contributed by atoms with Crippen molar-refractivity contribution in [2.45, 2.75) is 20.0 Å². The van der Waals surface area contributed by atoms with Gasteiger partial charge in [0.25, 0.3) is 0 Å². The van der Waals surface area contributed by atoms with Crippen LogP contribution in [0.3, 0.4) is 0 Å². The van der Waals surface area contributed by atoms with E-state index in [9.17, 15) is 0 Å². The lowest BCUT2D eigenvalue weighted by Gasteiger charge is -2.18. The number of hydrogen-bond acceptors (Lipinski definition) is 2. The lowest BCUT2D eigenvalue weighted by molar-refractivity contribution is 0.850. The van der Waals surface area contributed by atoms with Gasteiger partial charge < -0.3 is 4.90 Å². The average Bonchev–Trinajstić information content (AvgIpc) is 2.73. The summed E-state index contributed by atoms with van der Waals surface area (Å²) in [5.41, 5.74) is 4.09. The molecule has 3 rings (SSSR count). The van der Waals surface area contributed by atoms with Crippen LogP contribution in [0.25, 0.3) is 0 Å². The summed E-state index contributed by atoms with van der Waals surface area (Å²) in [7, 11) is 0. The van der Waals surface area contributed by atoms with Crippen molar-refractivity contribution in [1.82, 2.24) is 4.98 Å². The maximum Gasteiger partial charge on any atom is 0.132 e. The van der Waals surface area contributed by atoms with E-state index in [0.717, 1.165) is 18.9 Å². The van der Waals surface area contributed by atoms with Crippen LogP contribution in [-0.2, 0) is 13.1 Å². The molecule has 1 aromatic heterocycles. The fourth-order valence-electron chi connectivity index (χ4n) is 2.29. The molecule has 0 radical (unpaired) electrons. The first-order chi connectivity index (χ1) is 7.84. The number of hydrogen-bond donors (Lipinski definition) is 0. The van der Waals surface area contributed by atoms with E-state index >= 15 is 0 Å². The topological polar surface area (TPSA) is 16.1 Å². The zero-order valence-electron chi connectivity index (χ0n) is 9.35. The number of pyridine rings is 1. The van der Waals surface area contributed by atoms with E-state index in [4.69, 9.17) is 0 Å². The Morgan fingerprint density at radius 1 is 1.00 bits per heavy atom. The van der Waals surface area contributed by atoms with E-state index in [2.05, 4.69) is 47.1 Å². The van der Waals surface area contributed by atoms with Crippen molar-refractivity contribution >= 4 is 5.82 Å². The highest BCUT2D eigenvalue weighted by molar-refractivity contribution is 5.51. The van der Waals surface area contributed by atoms with Crippen molar-refractivity contribution < 1.29 is 0 Å². The molecule has 0 amide bonds. The van der Waals surface area contributed by atoms with Crippen molar-refractivity contribution in [2.24, 2.45) is 0 Å². The van der Waals surface area contributed by atoms with Crippen LogP contribution in [0.15, 0.2) is 42.6 Å². The lowest BCUT2D eigenvalue weighted by atomic mass is 10.1. The molecule has 1 aliphatic heterocycles. The first-order valence-corrected chi connectivity index (χ1v) is 5.58. The summed E-state index contributed by atoms with van der Waals surface area (Å²) in [5.74, 6) is 1.11. The van der Waals surface area contributed by atoms with Gasteiger partial charge in [-0.3, -0.25) is 0 Å². The molecule has 0 atom stereocenters. The summed E-state index contributed by atoms with van der Waals surface area (Å²) in [6.07, 6.45) is 1.87. The van der Waals surface area contributed by atoms with Crippen LogP contribution in [0.1, 0.15) is 16.7 Å². The molecule has 0 unspecified atom stereocenters. The van der Waals surface area contributed by atoms with E-state index in [1.165, 1.54) is 16.7 Å². The molecular formula is C14H14N2. The van der Waals surface area contributed by atoms with Crippen molar-refractivity contribution in [3.63, 3.8) is 0 Å². The molecule has 0 saturated heterocycles. The van der Waals surface area contributed by atoms with Gasteiger partial charge >= 0.3 is 0 Å². The van der Waals surface area contributed by atoms with Gasteiger partial charge in [-0.15, -0.1) is 0 Å².